The van der Waals surface area contributed by atoms with Crippen LogP contribution in [0.2, 0.25) is 0 Å². The fourth-order valence-corrected chi connectivity index (χ4v) is 5.48. The lowest BCUT2D eigenvalue weighted by Crippen LogP contribution is -2.47. The molecule has 3 atom stereocenters. The quantitative estimate of drug-likeness (QED) is 0.282. The van der Waals surface area contributed by atoms with Gasteiger partial charge in [-0.1, -0.05) is 0 Å². The van der Waals surface area contributed by atoms with Crippen LogP contribution in [0.3, 0.4) is 0 Å². The number of hydrogen-bond acceptors (Lipinski definition) is 8. The number of imidazole rings is 1. The molecule has 1 aromatic heterocycles. The zero-order valence-electron chi connectivity index (χ0n) is 21.0. The van der Waals surface area contributed by atoms with Gasteiger partial charge in [0.15, 0.2) is 23.5 Å². The molecule has 1 saturated heterocycles. The summed E-state index contributed by atoms with van der Waals surface area (Å²) < 4.78 is 36.5. The summed E-state index contributed by atoms with van der Waals surface area (Å²) in [5.41, 5.74) is 0.0189. The Morgan fingerprint density at radius 1 is 1.42 bits per heavy atom. The third kappa shape index (κ3) is 6.24. The molecule has 11 heteroatoms. The first-order valence-electron chi connectivity index (χ1n) is 11.8. The van der Waals surface area contributed by atoms with Gasteiger partial charge in [-0.25, -0.2) is 21.2 Å². The highest BCUT2D eigenvalue weighted by Gasteiger charge is 2.39. The molecule has 0 radical (unpaired) electrons. The second-order valence-corrected chi connectivity index (χ2v) is 10.3. The zero-order valence-corrected chi connectivity index (χ0v) is 20.9. The van der Waals surface area contributed by atoms with E-state index in [9.17, 15) is 4.79 Å². The van der Waals surface area contributed by atoms with Crippen molar-refractivity contribution in [2.75, 3.05) is 33.0 Å². The van der Waals surface area contributed by atoms with Crippen molar-refractivity contribution >= 4 is 25.8 Å². The number of fused-ring (bicyclic) bond motifs is 1. The molecule has 10 nitrogen and oxygen atoms in total. The second-order valence-electron chi connectivity index (χ2n) is 8.84. The Bertz CT molecular complexity index is 925. The van der Waals surface area contributed by atoms with E-state index in [0.717, 1.165) is 5.71 Å². The normalized spacial score (nSPS) is 24.6. The van der Waals surface area contributed by atoms with Gasteiger partial charge in [0.05, 0.1) is 32.6 Å². The van der Waals surface area contributed by atoms with E-state index >= 15 is 0 Å². The SMILES string of the molecule is [2H]C[C@@]1(COP(OCC[N+]#[C-])N(C(C)C)C(C)C)COC[C@H](n2cnc3c2N=C(C)CC3=O)O1. The lowest BCUT2D eigenvalue weighted by atomic mass is 10.1. The van der Waals surface area contributed by atoms with E-state index in [1.54, 1.807) is 10.9 Å². The first-order valence-corrected chi connectivity index (χ1v) is 12.2. The Labute approximate surface area is 198 Å². The van der Waals surface area contributed by atoms with Gasteiger partial charge in [-0.15, -0.1) is 0 Å². The Morgan fingerprint density at radius 3 is 2.85 bits per heavy atom. The molecule has 182 valence electrons. The van der Waals surface area contributed by atoms with Gasteiger partial charge in [0.2, 0.25) is 6.54 Å². The van der Waals surface area contributed by atoms with Crippen molar-refractivity contribution < 1.29 is 24.7 Å². The van der Waals surface area contributed by atoms with Crippen molar-refractivity contribution in [1.82, 2.24) is 14.2 Å². The predicted octanol–water partition coefficient (Wildman–Crippen LogP) is 4.16. The summed E-state index contributed by atoms with van der Waals surface area (Å²) in [6, 6.07) is 0.330. The number of ketones is 1. The molecule has 1 unspecified atom stereocenters. The maximum atomic E-state index is 12.3. The smallest absolute Gasteiger partial charge is 0.259 e. The first kappa shape index (κ1) is 24.4. The summed E-state index contributed by atoms with van der Waals surface area (Å²) in [6.45, 7) is 18.1. The molecule has 0 aliphatic carbocycles. The monoisotopic (exact) mass is 480 g/mol. The van der Waals surface area contributed by atoms with Crippen LogP contribution in [0.4, 0.5) is 5.82 Å². The summed E-state index contributed by atoms with van der Waals surface area (Å²) >= 11 is 0. The Kier molecular flexibility index (Phi) is 8.23. The molecule has 33 heavy (non-hydrogen) atoms. The number of Topliss-reactive ketones (excluding diaryl/α,β-unsaturated/α-hetero) is 1. The standard InChI is InChI=1S/C22H34N5O5P/c1-15(2)27(16(3)4)33(30-9-8-23-7)31-13-22(6)12-29-11-19(32-22)26-14-24-20-18(28)10-17(5)25-21(20)26/h14-16,19H,8-13H2,1-6H3/t19-,22+,33?/m1/s1/i6D. The summed E-state index contributed by atoms with van der Waals surface area (Å²) in [5, 5.41) is 0. The van der Waals surface area contributed by atoms with Crippen LogP contribution in [0.25, 0.3) is 4.85 Å². The number of nitrogens with zero attached hydrogens (tertiary/aromatic N) is 5. The van der Waals surface area contributed by atoms with E-state index in [-0.39, 0.29) is 64.2 Å². The van der Waals surface area contributed by atoms with E-state index in [1.807, 2.05) is 6.92 Å². The van der Waals surface area contributed by atoms with Gasteiger partial charge < -0.3 is 23.4 Å². The summed E-state index contributed by atoms with van der Waals surface area (Å²) in [5.74, 6) is 0.386. The van der Waals surface area contributed by atoms with Gasteiger partial charge in [-0.2, -0.15) is 0 Å². The minimum Gasteiger partial charge on any atom is -0.374 e. The number of hydrogen-bond donors (Lipinski definition) is 0. The molecule has 1 aromatic rings. The highest BCUT2D eigenvalue weighted by molar-refractivity contribution is 7.44. The topological polar surface area (TPSA) is 91.8 Å². The molecular weight excluding hydrogens is 445 g/mol. The van der Waals surface area contributed by atoms with Crippen molar-refractivity contribution in [2.24, 2.45) is 4.99 Å². The Morgan fingerprint density at radius 2 is 2.18 bits per heavy atom. The van der Waals surface area contributed by atoms with Crippen molar-refractivity contribution in [1.29, 1.82) is 0 Å². The highest BCUT2D eigenvalue weighted by Crippen LogP contribution is 2.47. The van der Waals surface area contributed by atoms with Crippen LogP contribution in [0.5, 0.6) is 0 Å². The van der Waals surface area contributed by atoms with Crippen LogP contribution in [-0.4, -0.2) is 76.4 Å². The molecule has 0 bridgehead atoms. The number of carbonyl (C=O) groups excluding carboxylic acids is 1. The lowest BCUT2D eigenvalue weighted by molar-refractivity contribution is -0.226. The first-order chi connectivity index (χ1) is 16.2. The Balaban J connectivity index is 1.77. The fraction of sp³-hybridized carbons (Fsp3) is 0.727. The molecule has 0 saturated carbocycles. The number of ether oxygens (including phenoxy) is 2. The summed E-state index contributed by atoms with van der Waals surface area (Å²) in [4.78, 5) is 24.4. The Hall–Kier alpha value is -1.73. The number of aliphatic imine (C=N–C) groups is 1. The molecule has 3 rings (SSSR count). The van der Waals surface area contributed by atoms with Crippen LogP contribution < -0.4 is 0 Å². The average molecular weight is 481 g/mol. The third-order valence-corrected chi connectivity index (χ3v) is 7.21. The molecule has 1 fully saturated rings. The van der Waals surface area contributed by atoms with E-state index in [1.165, 1.54) is 0 Å². The predicted molar refractivity (Wildman–Crippen MR) is 126 cm³/mol. The van der Waals surface area contributed by atoms with Crippen LogP contribution >= 0.6 is 8.53 Å². The van der Waals surface area contributed by atoms with E-state index in [4.69, 9.17) is 26.5 Å². The van der Waals surface area contributed by atoms with Crippen LogP contribution in [0.15, 0.2) is 11.3 Å². The molecule has 2 aliphatic heterocycles. The van der Waals surface area contributed by atoms with Gasteiger partial charge >= 0.3 is 0 Å². The van der Waals surface area contributed by atoms with E-state index < -0.39 is 20.4 Å². The fourth-order valence-electron chi connectivity index (χ4n) is 3.81. The summed E-state index contributed by atoms with van der Waals surface area (Å²) in [7, 11) is -1.47. The van der Waals surface area contributed by atoms with Crippen molar-refractivity contribution in [3.63, 3.8) is 0 Å². The van der Waals surface area contributed by atoms with Gasteiger partial charge in [0.1, 0.15) is 12.2 Å². The molecule has 2 aliphatic rings. The van der Waals surface area contributed by atoms with Crippen LogP contribution in [0, 0.1) is 6.57 Å². The van der Waals surface area contributed by atoms with Gasteiger partial charge in [0, 0.05) is 19.2 Å². The van der Waals surface area contributed by atoms with Crippen molar-refractivity contribution in [2.45, 2.75) is 71.9 Å². The van der Waals surface area contributed by atoms with Gasteiger partial charge in [-0.05, 0) is 41.5 Å². The van der Waals surface area contributed by atoms with Gasteiger partial charge in [0.25, 0.3) is 8.53 Å². The maximum absolute atomic E-state index is 12.3. The van der Waals surface area contributed by atoms with Gasteiger partial charge in [-0.3, -0.25) is 9.36 Å². The van der Waals surface area contributed by atoms with E-state index in [2.05, 4.69) is 47.2 Å². The maximum Gasteiger partial charge on any atom is 0.259 e. The molecule has 0 N–H and O–H groups in total. The second kappa shape index (κ2) is 11.1. The lowest BCUT2D eigenvalue weighted by Gasteiger charge is -2.41. The summed E-state index contributed by atoms with van der Waals surface area (Å²) in [6.07, 6.45) is 1.21. The van der Waals surface area contributed by atoms with E-state index in [0.29, 0.717) is 11.5 Å². The zero-order chi connectivity index (χ0) is 24.9. The van der Waals surface area contributed by atoms with Crippen molar-refractivity contribution in [3.05, 3.63) is 23.4 Å². The molecule has 0 aromatic carbocycles. The average Bonchev–Trinajstić information content (AvgIpc) is 3.21. The third-order valence-electron chi connectivity index (χ3n) is 5.16. The van der Waals surface area contributed by atoms with Crippen LogP contribution in [0.1, 0.15) is 66.0 Å². The minimum absolute atomic E-state index is 0.0715. The highest BCUT2D eigenvalue weighted by atomic mass is 31.2. The molecule has 0 spiro atoms. The minimum atomic E-state index is -1.47. The van der Waals surface area contributed by atoms with Crippen LogP contribution in [-0.2, 0) is 18.5 Å². The molecule has 3 heterocycles. The number of carbonyl (C=O) groups is 1. The largest absolute Gasteiger partial charge is 0.374 e. The number of rotatable bonds is 10. The molecule has 0 amide bonds. The molecular formula is C22H34N5O5P. The number of aromatic nitrogens is 2. The van der Waals surface area contributed by atoms with Crippen molar-refractivity contribution in [3.8, 4) is 0 Å².